The van der Waals surface area contributed by atoms with Gasteiger partial charge in [-0.25, -0.2) is 9.79 Å². The quantitative estimate of drug-likeness (QED) is 0.805. The van der Waals surface area contributed by atoms with Gasteiger partial charge in [-0.3, -0.25) is 10.1 Å². The molecule has 0 aromatic heterocycles. The van der Waals surface area contributed by atoms with E-state index in [0.717, 1.165) is 5.17 Å². The van der Waals surface area contributed by atoms with E-state index in [4.69, 9.17) is 16.3 Å². The molecule has 2 unspecified atom stereocenters. The molecular formula is C13H19ClN4O3S. The van der Waals surface area contributed by atoms with Crippen LogP contribution >= 0.6 is 23.4 Å². The number of urea groups is 1. The van der Waals surface area contributed by atoms with Crippen LogP contribution in [0.1, 0.15) is 6.92 Å². The normalized spacial score (nSPS) is 25.3. The molecule has 2 atom stereocenters. The molecule has 2 aliphatic heterocycles. The number of ether oxygens (including phenoxy) is 1. The number of rotatable bonds is 5. The third-order valence-corrected chi connectivity index (χ3v) is 4.52. The Hall–Kier alpha value is -1.25. The molecule has 0 aromatic rings. The Balaban J connectivity index is 2.19. The Morgan fingerprint density at radius 1 is 1.55 bits per heavy atom. The number of halogens is 1. The lowest BCUT2D eigenvalue weighted by Crippen LogP contribution is -2.63. The maximum absolute atomic E-state index is 12.2. The van der Waals surface area contributed by atoms with Gasteiger partial charge in [0, 0.05) is 31.5 Å². The SMILES string of the molecule is COCCN1C(SC/C=C(/C)Cl)=NC2C1C(=O)NC(=O)N2C. The van der Waals surface area contributed by atoms with Gasteiger partial charge in [-0.15, -0.1) is 0 Å². The highest BCUT2D eigenvalue weighted by atomic mass is 35.5. The first-order chi connectivity index (χ1) is 10.5. The molecule has 7 nitrogen and oxygen atoms in total. The monoisotopic (exact) mass is 346 g/mol. The molecule has 122 valence electrons. The molecule has 0 spiro atoms. The van der Waals surface area contributed by atoms with Crippen LogP contribution in [0.3, 0.4) is 0 Å². The van der Waals surface area contributed by atoms with Crippen molar-refractivity contribution in [1.29, 1.82) is 0 Å². The Labute approximate surface area is 138 Å². The van der Waals surface area contributed by atoms with Crippen molar-refractivity contribution in [3.63, 3.8) is 0 Å². The highest BCUT2D eigenvalue weighted by Crippen LogP contribution is 2.28. The number of likely N-dealkylation sites (N-methyl/N-ethyl adjacent to an activating group) is 1. The molecule has 0 aliphatic carbocycles. The summed E-state index contributed by atoms with van der Waals surface area (Å²) in [5.74, 6) is 0.323. The Kier molecular flexibility index (Phi) is 5.71. The van der Waals surface area contributed by atoms with Crippen molar-refractivity contribution in [2.45, 2.75) is 19.1 Å². The molecule has 9 heteroatoms. The van der Waals surface area contributed by atoms with Gasteiger partial charge in [-0.1, -0.05) is 29.4 Å². The fourth-order valence-corrected chi connectivity index (χ4v) is 3.48. The van der Waals surface area contributed by atoms with Crippen molar-refractivity contribution in [1.82, 2.24) is 15.1 Å². The summed E-state index contributed by atoms with van der Waals surface area (Å²) in [5.41, 5.74) is 0. The van der Waals surface area contributed by atoms with Gasteiger partial charge in [0.05, 0.1) is 6.61 Å². The zero-order valence-electron chi connectivity index (χ0n) is 12.7. The second-order valence-electron chi connectivity index (χ2n) is 4.96. The van der Waals surface area contributed by atoms with Crippen molar-refractivity contribution in [2.75, 3.05) is 33.1 Å². The van der Waals surface area contributed by atoms with E-state index in [0.29, 0.717) is 23.9 Å². The zero-order chi connectivity index (χ0) is 16.3. The zero-order valence-corrected chi connectivity index (χ0v) is 14.3. The lowest BCUT2D eigenvalue weighted by molar-refractivity contribution is -0.127. The lowest BCUT2D eigenvalue weighted by Gasteiger charge is -2.36. The van der Waals surface area contributed by atoms with Gasteiger partial charge in [-0.2, -0.15) is 0 Å². The van der Waals surface area contributed by atoms with Gasteiger partial charge in [0.25, 0.3) is 5.91 Å². The summed E-state index contributed by atoms with van der Waals surface area (Å²) in [6.45, 7) is 2.81. The Morgan fingerprint density at radius 3 is 2.91 bits per heavy atom. The van der Waals surface area contributed by atoms with Gasteiger partial charge < -0.3 is 14.5 Å². The lowest BCUT2D eigenvalue weighted by atomic mass is 10.1. The van der Waals surface area contributed by atoms with Crippen molar-refractivity contribution < 1.29 is 14.3 Å². The van der Waals surface area contributed by atoms with E-state index in [1.165, 1.54) is 16.7 Å². The maximum atomic E-state index is 12.2. The van der Waals surface area contributed by atoms with Gasteiger partial charge in [0.1, 0.15) is 0 Å². The number of hydrogen-bond donors (Lipinski definition) is 1. The molecule has 2 heterocycles. The largest absolute Gasteiger partial charge is 0.383 e. The number of fused-ring (bicyclic) bond motifs is 1. The van der Waals surface area contributed by atoms with E-state index in [2.05, 4.69) is 10.3 Å². The van der Waals surface area contributed by atoms with Crippen LogP contribution in [0.4, 0.5) is 4.79 Å². The number of amidine groups is 1. The average Bonchev–Trinajstić information content (AvgIpc) is 2.81. The van der Waals surface area contributed by atoms with Crippen LogP contribution in [0.5, 0.6) is 0 Å². The Bertz CT molecular complexity index is 521. The predicted octanol–water partition coefficient (Wildman–Crippen LogP) is 1.06. The third-order valence-electron chi connectivity index (χ3n) is 3.44. The van der Waals surface area contributed by atoms with Crippen molar-refractivity contribution in [3.8, 4) is 0 Å². The summed E-state index contributed by atoms with van der Waals surface area (Å²) >= 11 is 7.31. The van der Waals surface area contributed by atoms with E-state index in [9.17, 15) is 9.59 Å². The van der Waals surface area contributed by atoms with E-state index in [1.54, 1.807) is 21.1 Å². The highest BCUT2D eigenvalue weighted by Gasteiger charge is 2.48. The number of allylic oxidation sites excluding steroid dienone is 1. The minimum absolute atomic E-state index is 0.326. The number of nitrogens with one attached hydrogen (secondary N) is 1. The molecule has 1 N–H and O–H groups in total. The first-order valence-corrected chi connectivity index (χ1v) is 8.18. The Morgan fingerprint density at radius 2 is 2.27 bits per heavy atom. The van der Waals surface area contributed by atoms with Crippen LogP contribution in [-0.4, -0.2) is 72.2 Å². The van der Waals surface area contributed by atoms with Gasteiger partial charge >= 0.3 is 6.03 Å². The minimum Gasteiger partial charge on any atom is -0.383 e. The summed E-state index contributed by atoms with van der Waals surface area (Å²) in [5, 5.41) is 3.78. The van der Waals surface area contributed by atoms with E-state index in [-0.39, 0.29) is 5.91 Å². The van der Waals surface area contributed by atoms with Gasteiger partial charge in [0.15, 0.2) is 17.4 Å². The van der Waals surface area contributed by atoms with Crippen molar-refractivity contribution in [3.05, 3.63) is 11.1 Å². The first-order valence-electron chi connectivity index (χ1n) is 6.81. The molecule has 0 aromatic carbocycles. The van der Waals surface area contributed by atoms with Crippen LogP contribution in [-0.2, 0) is 9.53 Å². The molecule has 1 fully saturated rings. The molecule has 2 rings (SSSR count). The standard InChI is InChI=1S/C13H19ClN4O3S/c1-8(14)4-7-22-13-15-10-9(18(13)5-6-21-3)11(19)16-12(20)17(10)2/h4,9-10H,5-7H2,1-3H3,(H,16,19,20)/b8-4-. The molecule has 0 radical (unpaired) electrons. The molecule has 1 saturated heterocycles. The number of carbonyl (C=O) groups excluding carboxylic acids is 2. The summed E-state index contributed by atoms with van der Waals surface area (Å²) in [7, 11) is 3.24. The van der Waals surface area contributed by atoms with Crippen LogP contribution in [0, 0.1) is 0 Å². The molecule has 0 saturated carbocycles. The number of imide groups is 1. The first kappa shape index (κ1) is 17.1. The van der Waals surface area contributed by atoms with Crippen LogP contribution < -0.4 is 5.32 Å². The highest BCUT2D eigenvalue weighted by molar-refractivity contribution is 8.13. The molecule has 22 heavy (non-hydrogen) atoms. The second-order valence-corrected chi connectivity index (χ2v) is 6.55. The summed E-state index contributed by atoms with van der Waals surface area (Å²) in [4.78, 5) is 31.8. The average molecular weight is 347 g/mol. The summed E-state index contributed by atoms with van der Waals surface area (Å²) in [6.07, 6.45) is 1.38. The van der Waals surface area contributed by atoms with E-state index in [1.807, 2.05) is 11.0 Å². The fourth-order valence-electron chi connectivity index (χ4n) is 2.28. The summed E-state index contributed by atoms with van der Waals surface area (Å²) < 4.78 is 5.11. The smallest absolute Gasteiger partial charge is 0.325 e. The number of thioether (sulfide) groups is 1. The predicted molar refractivity (Wildman–Crippen MR) is 87.0 cm³/mol. The van der Waals surface area contributed by atoms with Crippen LogP contribution in [0.2, 0.25) is 0 Å². The number of hydrogen-bond acceptors (Lipinski definition) is 6. The number of carbonyl (C=O) groups is 2. The van der Waals surface area contributed by atoms with E-state index < -0.39 is 18.2 Å². The van der Waals surface area contributed by atoms with E-state index >= 15 is 0 Å². The minimum atomic E-state index is -0.513. The number of nitrogens with zero attached hydrogens (tertiary/aromatic N) is 3. The molecule has 2 aliphatic rings. The van der Waals surface area contributed by atoms with Gasteiger partial charge in [0.2, 0.25) is 0 Å². The number of aliphatic imine (C=N–C) groups is 1. The molecule has 3 amide bonds. The third kappa shape index (κ3) is 3.56. The van der Waals surface area contributed by atoms with Crippen molar-refractivity contribution >= 4 is 40.5 Å². The molecular weight excluding hydrogens is 328 g/mol. The topological polar surface area (TPSA) is 74.2 Å². The van der Waals surface area contributed by atoms with Crippen LogP contribution in [0.25, 0.3) is 0 Å². The fraction of sp³-hybridized carbons (Fsp3) is 0.615. The van der Waals surface area contributed by atoms with Crippen LogP contribution in [0.15, 0.2) is 16.1 Å². The summed E-state index contributed by atoms with van der Waals surface area (Å²) in [6, 6.07) is -0.939. The van der Waals surface area contributed by atoms with Gasteiger partial charge in [-0.05, 0) is 6.92 Å². The number of methoxy groups -OCH3 is 1. The maximum Gasteiger partial charge on any atom is 0.325 e. The number of amides is 3. The van der Waals surface area contributed by atoms with Crippen molar-refractivity contribution in [2.24, 2.45) is 4.99 Å². The molecule has 0 bridgehead atoms. The second kappa shape index (κ2) is 7.34.